The predicted molar refractivity (Wildman–Crippen MR) is 84.2 cm³/mol. The van der Waals surface area contributed by atoms with Crippen molar-refractivity contribution in [2.45, 2.75) is 32.7 Å². The summed E-state index contributed by atoms with van der Waals surface area (Å²) in [5, 5.41) is 10.7. The summed E-state index contributed by atoms with van der Waals surface area (Å²) in [5.74, 6) is 1.69. The first-order chi connectivity index (χ1) is 10.3. The summed E-state index contributed by atoms with van der Waals surface area (Å²) in [6.45, 7) is 6.20. The van der Waals surface area contributed by atoms with E-state index in [-0.39, 0.29) is 0 Å². The Labute approximate surface area is 127 Å². The molecule has 1 heterocycles. The largest absolute Gasteiger partial charge is 0.381 e. The van der Waals surface area contributed by atoms with E-state index in [1.807, 2.05) is 17.8 Å². The molecule has 2 N–H and O–H groups in total. The van der Waals surface area contributed by atoms with Crippen molar-refractivity contribution in [2.24, 2.45) is 18.0 Å². The maximum absolute atomic E-state index is 5.62. The van der Waals surface area contributed by atoms with Crippen LogP contribution in [-0.4, -0.2) is 42.0 Å². The van der Waals surface area contributed by atoms with Gasteiger partial charge in [0.25, 0.3) is 0 Å². The number of aromatic nitrogens is 2. The lowest BCUT2D eigenvalue weighted by Gasteiger charge is -2.11. The van der Waals surface area contributed by atoms with Crippen LogP contribution in [0.15, 0.2) is 17.3 Å². The van der Waals surface area contributed by atoms with Gasteiger partial charge in [-0.05, 0) is 38.2 Å². The van der Waals surface area contributed by atoms with Crippen molar-refractivity contribution in [1.82, 2.24) is 20.4 Å². The molecule has 0 atom stereocenters. The molecule has 0 amide bonds. The standard InChI is InChI=1S/C15H27N5O/c1-3-16-15(18-11-14-7-9-19-20(14)2)17-8-4-10-21-12-13-5-6-13/h7,9,13H,3-6,8,10-12H2,1-2H3,(H2,16,17,18). The van der Waals surface area contributed by atoms with Crippen LogP contribution in [0.25, 0.3) is 0 Å². The fraction of sp³-hybridized carbons (Fsp3) is 0.733. The van der Waals surface area contributed by atoms with Crippen LogP contribution in [0.2, 0.25) is 0 Å². The van der Waals surface area contributed by atoms with E-state index in [2.05, 4.69) is 27.6 Å². The minimum absolute atomic E-state index is 0.629. The van der Waals surface area contributed by atoms with Crippen molar-refractivity contribution < 1.29 is 4.74 Å². The van der Waals surface area contributed by atoms with E-state index >= 15 is 0 Å². The van der Waals surface area contributed by atoms with Crippen LogP contribution < -0.4 is 10.6 Å². The Hall–Kier alpha value is -1.56. The summed E-state index contributed by atoms with van der Waals surface area (Å²) < 4.78 is 7.47. The highest BCUT2D eigenvalue weighted by molar-refractivity contribution is 5.79. The predicted octanol–water partition coefficient (Wildman–Crippen LogP) is 1.29. The SMILES string of the molecule is CCNC(=NCc1ccnn1C)NCCCOCC1CC1. The van der Waals surface area contributed by atoms with E-state index in [0.29, 0.717) is 6.54 Å². The molecule has 1 aromatic rings. The summed E-state index contributed by atoms with van der Waals surface area (Å²) in [5.41, 5.74) is 1.10. The molecule has 0 radical (unpaired) electrons. The molecular formula is C15H27N5O. The first-order valence-corrected chi connectivity index (χ1v) is 7.86. The average molecular weight is 293 g/mol. The van der Waals surface area contributed by atoms with E-state index in [1.165, 1.54) is 12.8 Å². The zero-order valence-corrected chi connectivity index (χ0v) is 13.1. The van der Waals surface area contributed by atoms with Gasteiger partial charge in [-0.1, -0.05) is 0 Å². The molecule has 21 heavy (non-hydrogen) atoms. The first-order valence-electron chi connectivity index (χ1n) is 7.86. The Morgan fingerprint density at radius 1 is 1.48 bits per heavy atom. The van der Waals surface area contributed by atoms with Crippen molar-refractivity contribution >= 4 is 5.96 Å². The normalized spacial score (nSPS) is 15.2. The van der Waals surface area contributed by atoms with Crippen molar-refractivity contribution in [3.8, 4) is 0 Å². The van der Waals surface area contributed by atoms with Gasteiger partial charge in [0.1, 0.15) is 0 Å². The summed E-state index contributed by atoms with van der Waals surface area (Å²) in [7, 11) is 1.93. The molecule has 1 aliphatic carbocycles. The van der Waals surface area contributed by atoms with Gasteiger partial charge in [0.15, 0.2) is 5.96 Å². The van der Waals surface area contributed by atoms with Gasteiger partial charge in [-0.2, -0.15) is 5.10 Å². The van der Waals surface area contributed by atoms with Crippen molar-refractivity contribution in [1.29, 1.82) is 0 Å². The Morgan fingerprint density at radius 2 is 2.33 bits per heavy atom. The summed E-state index contributed by atoms with van der Waals surface area (Å²) in [6, 6.07) is 1.98. The quantitative estimate of drug-likeness (QED) is 0.409. The molecule has 0 saturated heterocycles. The van der Waals surface area contributed by atoms with Crippen LogP contribution in [0.5, 0.6) is 0 Å². The molecule has 0 bridgehead atoms. The van der Waals surface area contributed by atoms with E-state index in [9.17, 15) is 0 Å². The van der Waals surface area contributed by atoms with Crippen LogP contribution in [0.1, 0.15) is 31.9 Å². The summed E-state index contributed by atoms with van der Waals surface area (Å²) in [6.07, 6.45) is 5.50. The van der Waals surface area contributed by atoms with Gasteiger partial charge in [-0.15, -0.1) is 0 Å². The van der Waals surface area contributed by atoms with Crippen LogP contribution in [0.4, 0.5) is 0 Å². The second kappa shape index (κ2) is 8.67. The summed E-state index contributed by atoms with van der Waals surface area (Å²) >= 11 is 0. The minimum atomic E-state index is 0.629. The molecule has 6 nitrogen and oxygen atoms in total. The molecule has 1 aromatic heterocycles. The molecule has 0 spiro atoms. The van der Waals surface area contributed by atoms with Crippen molar-refractivity contribution in [3.63, 3.8) is 0 Å². The van der Waals surface area contributed by atoms with E-state index in [4.69, 9.17) is 4.74 Å². The second-order valence-corrected chi connectivity index (χ2v) is 5.44. The molecule has 6 heteroatoms. The van der Waals surface area contributed by atoms with Crippen molar-refractivity contribution in [3.05, 3.63) is 18.0 Å². The zero-order chi connectivity index (χ0) is 14.9. The Bertz CT molecular complexity index is 439. The number of hydrogen-bond donors (Lipinski definition) is 2. The first kappa shape index (κ1) is 15.8. The number of guanidine groups is 1. The highest BCUT2D eigenvalue weighted by atomic mass is 16.5. The Balaban J connectivity index is 1.64. The average Bonchev–Trinajstić information content (AvgIpc) is 3.21. The number of rotatable bonds is 9. The number of nitrogens with one attached hydrogen (secondary N) is 2. The Kier molecular flexibility index (Phi) is 6.53. The lowest BCUT2D eigenvalue weighted by molar-refractivity contribution is 0.123. The lowest BCUT2D eigenvalue weighted by atomic mass is 10.4. The third-order valence-electron chi connectivity index (χ3n) is 3.47. The van der Waals surface area contributed by atoms with Gasteiger partial charge in [-0.3, -0.25) is 4.68 Å². The zero-order valence-electron chi connectivity index (χ0n) is 13.1. The summed E-state index contributed by atoms with van der Waals surface area (Å²) in [4.78, 5) is 4.57. The second-order valence-electron chi connectivity index (χ2n) is 5.44. The molecule has 0 unspecified atom stereocenters. The molecular weight excluding hydrogens is 266 g/mol. The molecule has 1 aliphatic rings. The highest BCUT2D eigenvalue weighted by Gasteiger charge is 2.20. The topological polar surface area (TPSA) is 63.5 Å². The molecule has 2 rings (SSSR count). The van der Waals surface area contributed by atoms with Crippen LogP contribution >= 0.6 is 0 Å². The van der Waals surface area contributed by atoms with Crippen LogP contribution in [0, 0.1) is 5.92 Å². The van der Waals surface area contributed by atoms with Gasteiger partial charge in [-0.25, -0.2) is 4.99 Å². The number of nitrogens with zero attached hydrogens (tertiary/aromatic N) is 3. The van der Waals surface area contributed by atoms with E-state index < -0.39 is 0 Å². The van der Waals surface area contributed by atoms with Gasteiger partial charge >= 0.3 is 0 Å². The highest BCUT2D eigenvalue weighted by Crippen LogP contribution is 2.28. The maximum Gasteiger partial charge on any atom is 0.191 e. The van der Waals surface area contributed by atoms with Crippen LogP contribution in [-0.2, 0) is 18.3 Å². The van der Waals surface area contributed by atoms with Gasteiger partial charge < -0.3 is 15.4 Å². The minimum Gasteiger partial charge on any atom is -0.381 e. The third-order valence-corrected chi connectivity index (χ3v) is 3.47. The lowest BCUT2D eigenvalue weighted by Crippen LogP contribution is -2.38. The van der Waals surface area contributed by atoms with Gasteiger partial charge in [0.2, 0.25) is 0 Å². The fourth-order valence-corrected chi connectivity index (χ4v) is 1.97. The molecule has 118 valence electrons. The van der Waals surface area contributed by atoms with Gasteiger partial charge in [0, 0.05) is 39.5 Å². The van der Waals surface area contributed by atoms with Gasteiger partial charge in [0.05, 0.1) is 12.2 Å². The number of hydrogen-bond acceptors (Lipinski definition) is 3. The van der Waals surface area contributed by atoms with E-state index in [1.54, 1.807) is 6.20 Å². The Morgan fingerprint density at radius 3 is 3.00 bits per heavy atom. The number of aliphatic imine (C=N–C) groups is 1. The smallest absolute Gasteiger partial charge is 0.191 e. The number of ether oxygens (including phenoxy) is 1. The maximum atomic E-state index is 5.62. The van der Waals surface area contributed by atoms with E-state index in [0.717, 1.165) is 50.3 Å². The molecule has 0 aromatic carbocycles. The van der Waals surface area contributed by atoms with Crippen molar-refractivity contribution in [2.75, 3.05) is 26.3 Å². The monoisotopic (exact) mass is 293 g/mol. The molecule has 1 fully saturated rings. The molecule has 0 aliphatic heterocycles. The molecule has 1 saturated carbocycles. The number of aryl methyl sites for hydroxylation is 1. The fourth-order valence-electron chi connectivity index (χ4n) is 1.97. The van der Waals surface area contributed by atoms with Crippen LogP contribution in [0.3, 0.4) is 0 Å². The third kappa shape index (κ3) is 6.16.